The number of halogens is 2. The van der Waals surface area contributed by atoms with Gasteiger partial charge < -0.3 is 4.74 Å². The molecule has 1 unspecified atom stereocenters. The second kappa shape index (κ2) is 6.26. The molecule has 18 heavy (non-hydrogen) atoms. The highest BCUT2D eigenvalue weighted by atomic mass is 35.5. The van der Waals surface area contributed by atoms with Gasteiger partial charge in [0.15, 0.2) is 0 Å². The number of benzene rings is 1. The third-order valence-corrected chi connectivity index (χ3v) is 3.57. The minimum atomic E-state index is -0.786. The van der Waals surface area contributed by atoms with E-state index in [2.05, 4.69) is 6.58 Å². The zero-order valence-corrected chi connectivity index (χ0v) is 12.0. The summed E-state index contributed by atoms with van der Waals surface area (Å²) >= 11 is 11.9. The van der Waals surface area contributed by atoms with Crippen LogP contribution in [0, 0.1) is 0 Å². The van der Waals surface area contributed by atoms with E-state index in [-0.39, 0.29) is 5.97 Å². The van der Waals surface area contributed by atoms with Gasteiger partial charge in [-0.3, -0.25) is 4.79 Å². The van der Waals surface area contributed by atoms with E-state index in [0.717, 1.165) is 5.56 Å². The Morgan fingerprint density at radius 3 is 2.61 bits per heavy atom. The first-order chi connectivity index (χ1) is 8.45. The molecule has 0 fully saturated rings. The van der Waals surface area contributed by atoms with Crippen LogP contribution >= 0.6 is 23.2 Å². The van der Waals surface area contributed by atoms with Gasteiger partial charge in [-0.2, -0.15) is 0 Å². The molecule has 0 saturated heterocycles. The van der Waals surface area contributed by atoms with E-state index in [1.807, 2.05) is 6.92 Å². The maximum Gasteiger partial charge on any atom is 0.316 e. The van der Waals surface area contributed by atoms with Gasteiger partial charge in [0.05, 0.1) is 22.1 Å². The smallest absolute Gasteiger partial charge is 0.316 e. The molecule has 0 bridgehead atoms. The molecule has 1 atom stereocenters. The standard InChI is InChI=1S/C14H16Cl2O2/c1-4-8-14(3,13(17)18-5-2)10-6-7-11(15)12(16)9-10/h4,6-7,9H,1,5,8H2,2-3H3. The predicted octanol–water partition coefficient (Wildman–Crippen LogP) is 4.39. The Balaban J connectivity index is 3.21. The van der Waals surface area contributed by atoms with Crippen molar-refractivity contribution < 1.29 is 9.53 Å². The molecule has 0 aliphatic heterocycles. The van der Waals surface area contributed by atoms with Gasteiger partial charge in [0.1, 0.15) is 0 Å². The van der Waals surface area contributed by atoms with Gasteiger partial charge in [0.2, 0.25) is 0 Å². The Hall–Kier alpha value is -0.990. The molecule has 98 valence electrons. The highest BCUT2D eigenvalue weighted by Gasteiger charge is 2.35. The van der Waals surface area contributed by atoms with Crippen molar-refractivity contribution in [2.75, 3.05) is 6.61 Å². The van der Waals surface area contributed by atoms with Gasteiger partial charge in [-0.15, -0.1) is 6.58 Å². The summed E-state index contributed by atoms with van der Waals surface area (Å²) in [6.07, 6.45) is 2.17. The Kier molecular flexibility index (Phi) is 5.24. The van der Waals surface area contributed by atoms with Crippen molar-refractivity contribution in [2.45, 2.75) is 25.7 Å². The lowest BCUT2D eigenvalue weighted by molar-refractivity contribution is -0.149. The van der Waals surface area contributed by atoms with E-state index in [9.17, 15) is 4.79 Å². The number of hydrogen-bond donors (Lipinski definition) is 0. The van der Waals surface area contributed by atoms with Crippen molar-refractivity contribution in [1.29, 1.82) is 0 Å². The van der Waals surface area contributed by atoms with Gasteiger partial charge in [-0.25, -0.2) is 0 Å². The molecule has 4 heteroatoms. The molecule has 0 aliphatic carbocycles. The number of carbonyl (C=O) groups is 1. The van der Waals surface area contributed by atoms with Crippen molar-refractivity contribution >= 4 is 29.2 Å². The molecule has 0 aromatic heterocycles. The minimum Gasteiger partial charge on any atom is -0.465 e. The molecular formula is C14H16Cl2O2. The minimum absolute atomic E-state index is 0.289. The molecule has 1 rings (SSSR count). The van der Waals surface area contributed by atoms with Gasteiger partial charge in [0, 0.05) is 0 Å². The van der Waals surface area contributed by atoms with Crippen LogP contribution in [-0.2, 0) is 14.9 Å². The average molecular weight is 287 g/mol. The zero-order valence-electron chi connectivity index (χ0n) is 10.5. The lowest BCUT2D eigenvalue weighted by Gasteiger charge is -2.26. The zero-order chi connectivity index (χ0) is 13.8. The molecule has 0 radical (unpaired) electrons. The number of esters is 1. The normalized spacial score (nSPS) is 13.8. The van der Waals surface area contributed by atoms with Crippen LogP contribution in [0.5, 0.6) is 0 Å². The molecule has 0 spiro atoms. The number of rotatable bonds is 5. The molecule has 0 aliphatic rings. The van der Waals surface area contributed by atoms with E-state index in [1.54, 1.807) is 31.2 Å². The van der Waals surface area contributed by atoms with Crippen LogP contribution in [-0.4, -0.2) is 12.6 Å². The largest absolute Gasteiger partial charge is 0.465 e. The summed E-state index contributed by atoms with van der Waals surface area (Å²) in [5.41, 5.74) is -0.0123. The summed E-state index contributed by atoms with van der Waals surface area (Å²) in [5.74, 6) is -0.289. The van der Waals surface area contributed by atoms with E-state index in [0.29, 0.717) is 23.1 Å². The molecule has 0 amide bonds. The Morgan fingerprint density at radius 1 is 1.44 bits per heavy atom. The quantitative estimate of drug-likeness (QED) is 0.593. The Bertz CT molecular complexity index is 457. The molecule has 1 aromatic rings. The van der Waals surface area contributed by atoms with Crippen LogP contribution in [0.4, 0.5) is 0 Å². The number of ether oxygens (including phenoxy) is 1. The predicted molar refractivity (Wildman–Crippen MR) is 75.3 cm³/mol. The lowest BCUT2D eigenvalue weighted by atomic mass is 9.79. The molecule has 0 N–H and O–H groups in total. The topological polar surface area (TPSA) is 26.3 Å². The van der Waals surface area contributed by atoms with Gasteiger partial charge in [-0.1, -0.05) is 35.3 Å². The average Bonchev–Trinajstić information content (AvgIpc) is 2.33. The van der Waals surface area contributed by atoms with E-state index in [4.69, 9.17) is 27.9 Å². The first-order valence-corrected chi connectivity index (χ1v) is 6.45. The fourth-order valence-electron chi connectivity index (χ4n) is 1.74. The summed E-state index contributed by atoms with van der Waals surface area (Å²) < 4.78 is 5.12. The van der Waals surface area contributed by atoms with Crippen LogP contribution in [0.2, 0.25) is 10.0 Å². The van der Waals surface area contributed by atoms with Crippen LogP contribution in [0.1, 0.15) is 25.8 Å². The van der Waals surface area contributed by atoms with Crippen LogP contribution in [0.25, 0.3) is 0 Å². The Labute approximate surface area is 118 Å². The summed E-state index contributed by atoms with van der Waals surface area (Å²) in [5, 5.41) is 0.888. The van der Waals surface area contributed by atoms with Crippen molar-refractivity contribution in [3.8, 4) is 0 Å². The van der Waals surface area contributed by atoms with Crippen LogP contribution < -0.4 is 0 Å². The van der Waals surface area contributed by atoms with Crippen molar-refractivity contribution in [3.63, 3.8) is 0 Å². The van der Waals surface area contributed by atoms with Gasteiger partial charge in [-0.05, 0) is 38.0 Å². The molecule has 2 nitrogen and oxygen atoms in total. The third-order valence-electron chi connectivity index (χ3n) is 2.84. The lowest BCUT2D eigenvalue weighted by Crippen LogP contribution is -2.34. The molecular weight excluding hydrogens is 271 g/mol. The third kappa shape index (κ3) is 3.06. The summed E-state index contributed by atoms with van der Waals surface area (Å²) in [4.78, 5) is 12.1. The SMILES string of the molecule is C=CCC(C)(C(=O)OCC)c1ccc(Cl)c(Cl)c1. The fraction of sp³-hybridized carbons (Fsp3) is 0.357. The number of allylic oxidation sites excluding steroid dienone is 1. The first kappa shape index (κ1) is 15.1. The first-order valence-electron chi connectivity index (χ1n) is 5.69. The number of hydrogen-bond acceptors (Lipinski definition) is 2. The molecule has 0 saturated carbocycles. The summed E-state index contributed by atoms with van der Waals surface area (Å²) in [7, 11) is 0. The van der Waals surface area contributed by atoms with E-state index >= 15 is 0 Å². The molecule has 0 heterocycles. The van der Waals surface area contributed by atoms with E-state index in [1.165, 1.54) is 0 Å². The van der Waals surface area contributed by atoms with E-state index < -0.39 is 5.41 Å². The van der Waals surface area contributed by atoms with Crippen molar-refractivity contribution in [2.24, 2.45) is 0 Å². The maximum absolute atomic E-state index is 12.1. The second-order valence-corrected chi connectivity index (χ2v) is 4.99. The van der Waals surface area contributed by atoms with Crippen LogP contribution in [0.3, 0.4) is 0 Å². The van der Waals surface area contributed by atoms with Crippen molar-refractivity contribution in [3.05, 3.63) is 46.5 Å². The summed E-state index contributed by atoms with van der Waals surface area (Å²) in [6.45, 7) is 7.62. The van der Waals surface area contributed by atoms with Crippen LogP contribution in [0.15, 0.2) is 30.9 Å². The number of carbonyl (C=O) groups excluding carboxylic acids is 1. The fourth-order valence-corrected chi connectivity index (χ4v) is 2.04. The highest BCUT2D eigenvalue weighted by Crippen LogP contribution is 2.33. The maximum atomic E-state index is 12.1. The summed E-state index contributed by atoms with van der Waals surface area (Å²) in [6, 6.07) is 5.17. The Morgan fingerprint density at radius 2 is 2.11 bits per heavy atom. The highest BCUT2D eigenvalue weighted by molar-refractivity contribution is 6.42. The monoisotopic (exact) mass is 286 g/mol. The van der Waals surface area contributed by atoms with Gasteiger partial charge >= 0.3 is 5.97 Å². The molecule has 1 aromatic carbocycles. The van der Waals surface area contributed by atoms with Crippen molar-refractivity contribution in [1.82, 2.24) is 0 Å². The van der Waals surface area contributed by atoms with Gasteiger partial charge in [0.25, 0.3) is 0 Å². The second-order valence-electron chi connectivity index (χ2n) is 4.17.